The number of nitrogens with zero attached hydrogens (tertiary/aromatic N) is 2. The minimum atomic E-state index is -0.430. The number of hydrogen-bond donors (Lipinski definition) is 1. The number of aromatic nitrogens is 2. The average Bonchev–Trinajstić information content (AvgIpc) is 2.73. The van der Waals surface area contributed by atoms with Crippen LogP contribution >= 0.6 is 15.9 Å². The Balaban J connectivity index is 1.89. The zero-order chi connectivity index (χ0) is 14.0. The predicted octanol–water partition coefficient (Wildman–Crippen LogP) is 3.29. The van der Waals surface area contributed by atoms with E-state index in [0.717, 1.165) is 36.1 Å². The highest BCUT2D eigenvalue weighted by molar-refractivity contribution is 9.10. The number of amides is 1. The number of aromatic amines is 1. The molecule has 1 fully saturated rings. The molecule has 0 atom stereocenters. The molecule has 2 heterocycles. The van der Waals surface area contributed by atoms with Crippen molar-refractivity contribution >= 4 is 22.0 Å². The summed E-state index contributed by atoms with van der Waals surface area (Å²) >= 11 is 3.49. The molecular weight excluding hydrogens is 310 g/mol. The van der Waals surface area contributed by atoms with Crippen LogP contribution in [0.1, 0.15) is 45.2 Å². The Morgan fingerprint density at radius 1 is 1.47 bits per heavy atom. The highest BCUT2D eigenvalue weighted by Gasteiger charge is 2.28. The fourth-order valence-electron chi connectivity index (χ4n) is 2.24. The Labute approximate surface area is 121 Å². The van der Waals surface area contributed by atoms with Gasteiger partial charge in [-0.3, -0.25) is 5.10 Å². The van der Waals surface area contributed by atoms with Gasteiger partial charge in [0, 0.05) is 19.0 Å². The van der Waals surface area contributed by atoms with Gasteiger partial charge in [0.05, 0.1) is 16.4 Å². The van der Waals surface area contributed by atoms with Crippen molar-refractivity contribution in [2.45, 2.75) is 45.1 Å². The monoisotopic (exact) mass is 329 g/mol. The van der Waals surface area contributed by atoms with Crippen LogP contribution in [-0.4, -0.2) is 39.9 Å². The summed E-state index contributed by atoms with van der Waals surface area (Å²) in [7, 11) is 0. The zero-order valence-electron chi connectivity index (χ0n) is 11.6. The maximum Gasteiger partial charge on any atom is 0.410 e. The molecule has 0 aliphatic carbocycles. The molecule has 1 aliphatic rings. The fourth-order valence-corrected chi connectivity index (χ4v) is 2.76. The number of hydrogen-bond acceptors (Lipinski definition) is 3. The Morgan fingerprint density at radius 2 is 2.11 bits per heavy atom. The molecular formula is C13H20BrN3O2. The van der Waals surface area contributed by atoms with E-state index in [-0.39, 0.29) is 6.09 Å². The van der Waals surface area contributed by atoms with Crippen LogP contribution in [-0.2, 0) is 4.74 Å². The van der Waals surface area contributed by atoms with Crippen molar-refractivity contribution in [3.05, 3.63) is 16.4 Å². The number of carbonyl (C=O) groups excluding carboxylic acids is 1. The third-order valence-corrected chi connectivity index (χ3v) is 3.81. The largest absolute Gasteiger partial charge is 0.444 e. The van der Waals surface area contributed by atoms with Gasteiger partial charge in [-0.1, -0.05) is 0 Å². The minimum absolute atomic E-state index is 0.213. The van der Waals surface area contributed by atoms with E-state index in [0.29, 0.717) is 5.92 Å². The molecule has 106 valence electrons. The first-order valence-electron chi connectivity index (χ1n) is 6.53. The summed E-state index contributed by atoms with van der Waals surface area (Å²) in [5, 5.41) is 7.05. The van der Waals surface area contributed by atoms with E-state index in [4.69, 9.17) is 4.74 Å². The summed E-state index contributed by atoms with van der Waals surface area (Å²) in [5.74, 6) is 0.426. The van der Waals surface area contributed by atoms with Gasteiger partial charge in [-0.25, -0.2) is 4.79 Å². The van der Waals surface area contributed by atoms with E-state index in [2.05, 4.69) is 26.1 Å². The molecule has 0 aromatic carbocycles. The molecule has 5 nitrogen and oxygen atoms in total. The van der Waals surface area contributed by atoms with E-state index in [1.807, 2.05) is 20.8 Å². The molecule has 0 saturated carbocycles. The summed E-state index contributed by atoms with van der Waals surface area (Å²) in [6, 6.07) is 0. The normalized spacial score (nSPS) is 17.6. The van der Waals surface area contributed by atoms with Crippen molar-refractivity contribution in [1.29, 1.82) is 0 Å². The lowest BCUT2D eigenvalue weighted by Gasteiger charge is -2.33. The molecule has 1 aromatic rings. The average molecular weight is 330 g/mol. The van der Waals surface area contributed by atoms with E-state index < -0.39 is 5.60 Å². The Kier molecular flexibility index (Phi) is 4.18. The highest BCUT2D eigenvalue weighted by atomic mass is 79.9. The van der Waals surface area contributed by atoms with Crippen LogP contribution in [0.4, 0.5) is 4.79 Å². The third kappa shape index (κ3) is 3.72. The number of ether oxygens (including phenoxy) is 1. The summed E-state index contributed by atoms with van der Waals surface area (Å²) in [6.07, 6.45) is 3.42. The van der Waals surface area contributed by atoms with Crippen molar-refractivity contribution in [2.24, 2.45) is 0 Å². The first kappa shape index (κ1) is 14.4. The van der Waals surface area contributed by atoms with E-state index in [1.54, 1.807) is 11.1 Å². The van der Waals surface area contributed by atoms with Gasteiger partial charge in [0.1, 0.15) is 5.60 Å². The van der Waals surface area contributed by atoms with Crippen molar-refractivity contribution in [3.63, 3.8) is 0 Å². The highest BCUT2D eigenvalue weighted by Crippen LogP contribution is 2.31. The maximum atomic E-state index is 11.9. The van der Waals surface area contributed by atoms with Gasteiger partial charge in [0.2, 0.25) is 0 Å². The van der Waals surface area contributed by atoms with Crippen LogP contribution in [0.2, 0.25) is 0 Å². The predicted molar refractivity (Wildman–Crippen MR) is 76.1 cm³/mol. The number of nitrogens with one attached hydrogen (secondary N) is 1. The second-order valence-electron chi connectivity index (χ2n) is 5.87. The summed E-state index contributed by atoms with van der Waals surface area (Å²) < 4.78 is 6.40. The zero-order valence-corrected chi connectivity index (χ0v) is 13.2. The summed E-state index contributed by atoms with van der Waals surface area (Å²) in [4.78, 5) is 13.7. The van der Waals surface area contributed by atoms with Crippen LogP contribution < -0.4 is 0 Å². The standard InChI is InChI=1S/C13H20BrN3O2/c1-13(2,3)19-12(18)17-6-4-9(5-7-17)11-10(14)8-15-16-11/h8-9H,4-7H2,1-3H3,(H,15,16). The molecule has 2 rings (SSSR count). The number of carbonyl (C=O) groups is 1. The third-order valence-electron chi connectivity index (χ3n) is 3.18. The molecule has 1 amide bonds. The van der Waals surface area contributed by atoms with Gasteiger partial charge >= 0.3 is 6.09 Å². The van der Waals surface area contributed by atoms with Gasteiger partial charge in [-0.2, -0.15) is 5.10 Å². The second-order valence-corrected chi connectivity index (χ2v) is 6.73. The van der Waals surface area contributed by atoms with Crippen molar-refractivity contribution in [1.82, 2.24) is 15.1 Å². The van der Waals surface area contributed by atoms with Crippen LogP contribution in [0.3, 0.4) is 0 Å². The van der Waals surface area contributed by atoms with E-state index >= 15 is 0 Å². The van der Waals surface area contributed by atoms with E-state index in [1.165, 1.54) is 0 Å². The molecule has 0 bridgehead atoms. The van der Waals surface area contributed by atoms with Crippen LogP contribution in [0.5, 0.6) is 0 Å². The van der Waals surface area contributed by atoms with Gasteiger partial charge < -0.3 is 9.64 Å². The molecule has 1 aliphatic heterocycles. The lowest BCUT2D eigenvalue weighted by atomic mass is 9.94. The smallest absolute Gasteiger partial charge is 0.410 e. The Hall–Kier alpha value is -1.04. The maximum absolute atomic E-state index is 11.9. The van der Waals surface area contributed by atoms with Crippen LogP contribution in [0.25, 0.3) is 0 Å². The molecule has 1 saturated heterocycles. The van der Waals surface area contributed by atoms with Crippen molar-refractivity contribution < 1.29 is 9.53 Å². The molecule has 6 heteroatoms. The minimum Gasteiger partial charge on any atom is -0.444 e. The molecule has 19 heavy (non-hydrogen) atoms. The quantitative estimate of drug-likeness (QED) is 0.860. The Morgan fingerprint density at radius 3 is 2.58 bits per heavy atom. The van der Waals surface area contributed by atoms with Gasteiger partial charge in [0.15, 0.2) is 0 Å². The summed E-state index contributed by atoms with van der Waals surface area (Å²) in [6.45, 7) is 7.12. The Bertz CT molecular complexity index is 445. The first-order chi connectivity index (χ1) is 8.87. The molecule has 1 aromatic heterocycles. The van der Waals surface area contributed by atoms with Crippen molar-refractivity contribution in [2.75, 3.05) is 13.1 Å². The lowest BCUT2D eigenvalue weighted by Crippen LogP contribution is -2.41. The summed E-state index contributed by atoms with van der Waals surface area (Å²) in [5.41, 5.74) is 0.698. The van der Waals surface area contributed by atoms with E-state index in [9.17, 15) is 4.79 Å². The number of rotatable bonds is 1. The van der Waals surface area contributed by atoms with Crippen LogP contribution in [0.15, 0.2) is 10.7 Å². The van der Waals surface area contributed by atoms with Crippen molar-refractivity contribution in [3.8, 4) is 0 Å². The molecule has 1 N–H and O–H groups in total. The number of H-pyrrole nitrogens is 1. The SMILES string of the molecule is CC(C)(C)OC(=O)N1CCC(c2[nH]ncc2Br)CC1. The number of likely N-dealkylation sites (tertiary alicyclic amines) is 1. The second kappa shape index (κ2) is 5.53. The topological polar surface area (TPSA) is 58.2 Å². The van der Waals surface area contributed by atoms with Gasteiger partial charge in [0.25, 0.3) is 0 Å². The van der Waals surface area contributed by atoms with Crippen LogP contribution in [0, 0.1) is 0 Å². The number of piperidine rings is 1. The van der Waals surface area contributed by atoms with Gasteiger partial charge in [-0.15, -0.1) is 0 Å². The molecule has 0 radical (unpaired) electrons. The first-order valence-corrected chi connectivity index (χ1v) is 7.33. The van der Waals surface area contributed by atoms with Gasteiger partial charge in [-0.05, 0) is 49.5 Å². The number of halogens is 1. The fraction of sp³-hybridized carbons (Fsp3) is 0.692. The molecule has 0 spiro atoms. The lowest BCUT2D eigenvalue weighted by molar-refractivity contribution is 0.0204. The molecule has 0 unspecified atom stereocenters.